The monoisotopic (exact) mass is 156 g/mol. The molecule has 0 radical (unpaired) electrons. The molecule has 0 aliphatic heterocycles. The van der Waals surface area contributed by atoms with Gasteiger partial charge in [0.1, 0.15) is 6.61 Å². The minimum atomic E-state index is -0.422. The van der Waals surface area contributed by atoms with E-state index in [0.29, 0.717) is 12.2 Å². The molecule has 0 heterocycles. The fraction of sp³-hybridized carbons (Fsp3) is 0.375. The van der Waals surface area contributed by atoms with Crippen LogP contribution >= 0.6 is 0 Å². The molecule has 0 aromatic rings. The van der Waals surface area contributed by atoms with Crippen LogP contribution in [0.1, 0.15) is 6.92 Å². The van der Waals surface area contributed by atoms with Crippen molar-refractivity contribution >= 4 is 5.97 Å². The van der Waals surface area contributed by atoms with Crippen LogP contribution in [0.5, 0.6) is 0 Å². The first-order valence-electron chi connectivity index (χ1n) is 3.29. The van der Waals surface area contributed by atoms with Crippen molar-refractivity contribution in [2.45, 2.75) is 6.92 Å². The number of esters is 1. The van der Waals surface area contributed by atoms with Gasteiger partial charge in [-0.3, -0.25) is 0 Å². The number of hydrogen-bond donors (Lipinski definition) is 0. The third kappa shape index (κ3) is 4.19. The Bertz CT molecular complexity index is 161. The maximum absolute atomic E-state index is 10.8. The molecular weight excluding hydrogens is 144 g/mol. The van der Waals surface area contributed by atoms with Crippen LogP contribution in [0.3, 0.4) is 0 Å². The van der Waals surface area contributed by atoms with Gasteiger partial charge in [-0.25, -0.2) is 4.79 Å². The molecule has 11 heavy (non-hydrogen) atoms. The molecule has 0 aromatic heterocycles. The minimum absolute atomic E-state index is 0.141. The van der Waals surface area contributed by atoms with Gasteiger partial charge in [0, 0.05) is 0 Å². The Balaban J connectivity index is 3.64. The molecule has 0 rings (SSSR count). The average molecular weight is 156 g/mol. The summed E-state index contributed by atoms with van der Waals surface area (Å²) in [7, 11) is 0. The highest BCUT2D eigenvalue weighted by Crippen LogP contribution is 1.95. The molecule has 0 spiro atoms. The van der Waals surface area contributed by atoms with E-state index in [1.807, 2.05) is 0 Å². The number of carbonyl (C=O) groups excluding carboxylic acids is 1. The summed E-state index contributed by atoms with van der Waals surface area (Å²) in [4.78, 5) is 10.8. The SMILES string of the molecule is C=COCC(=C)C(=O)OCC. The van der Waals surface area contributed by atoms with Gasteiger partial charge in [0.2, 0.25) is 0 Å². The molecular formula is C8H12O3. The summed E-state index contributed by atoms with van der Waals surface area (Å²) >= 11 is 0. The maximum atomic E-state index is 10.8. The summed E-state index contributed by atoms with van der Waals surface area (Å²) in [5, 5.41) is 0. The second kappa shape index (κ2) is 5.53. The Kier molecular flexibility index (Phi) is 4.90. The Labute approximate surface area is 66.3 Å². The average Bonchev–Trinajstić information content (AvgIpc) is 2.00. The number of ether oxygens (including phenoxy) is 2. The molecule has 0 aliphatic rings. The van der Waals surface area contributed by atoms with Crippen LogP contribution in [-0.2, 0) is 14.3 Å². The minimum Gasteiger partial charge on any atom is -0.497 e. The van der Waals surface area contributed by atoms with Gasteiger partial charge in [-0.05, 0) is 6.92 Å². The molecule has 0 atom stereocenters. The molecule has 0 N–H and O–H groups in total. The largest absolute Gasteiger partial charge is 0.497 e. The van der Waals surface area contributed by atoms with Crippen molar-refractivity contribution in [3.8, 4) is 0 Å². The molecule has 3 heteroatoms. The Morgan fingerprint density at radius 2 is 2.27 bits per heavy atom. The molecule has 0 bridgehead atoms. The van der Waals surface area contributed by atoms with Gasteiger partial charge in [-0.2, -0.15) is 0 Å². The van der Waals surface area contributed by atoms with Gasteiger partial charge in [0.15, 0.2) is 0 Å². The van der Waals surface area contributed by atoms with E-state index in [1.165, 1.54) is 6.26 Å². The zero-order chi connectivity index (χ0) is 8.69. The van der Waals surface area contributed by atoms with Crippen LogP contribution in [0.4, 0.5) is 0 Å². The third-order valence-corrected chi connectivity index (χ3v) is 0.940. The predicted octanol–water partition coefficient (Wildman–Crippen LogP) is 1.27. The summed E-state index contributed by atoms with van der Waals surface area (Å²) in [6.45, 7) is 9.02. The first-order chi connectivity index (χ1) is 5.22. The molecule has 0 aromatic carbocycles. The number of hydrogen-bond acceptors (Lipinski definition) is 3. The van der Waals surface area contributed by atoms with Gasteiger partial charge in [-0.15, -0.1) is 0 Å². The van der Waals surface area contributed by atoms with Gasteiger partial charge in [0.05, 0.1) is 18.4 Å². The van der Waals surface area contributed by atoms with Crippen molar-refractivity contribution in [2.75, 3.05) is 13.2 Å². The summed E-state index contributed by atoms with van der Waals surface area (Å²) < 4.78 is 9.37. The predicted molar refractivity (Wildman–Crippen MR) is 41.9 cm³/mol. The van der Waals surface area contributed by atoms with E-state index in [-0.39, 0.29) is 6.61 Å². The lowest BCUT2D eigenvalue weighted by molar-refractivity contribution is -0.138. The molecule has 62 valence electrons. The van der Waals surface area contributed by atoms with Crippen molar-refractivity contribution < 1.29 is 14.3 Å². The fourth-order valence-electron chi connectivity index (χ4n) is 0.452. The van der Waals surface area contributed by atoms with Crippen LogP contribution in [-0.4, -0.2) is 19.2 Å². The lowest BCUT2D eigenvalue weighted by Gasteiger charge is -2.03. The van der Waals surface area contributed by atoms with E-state index in [9.17, 15) is 4.79 Å². The lowest BCUT2D eigenvalue weighted by Crippen LogP contribution is -2.10. The highest BCUT2D eigenvalue weighted by molar-refractivity contribution is 5.87. The topological polar surface area (TPSA) is 35.5 Å². The summed E-state index contributed by atoms with van der Waals surface area (Å²) in [6.07, 6.45) is 1.25. The number of rotatable bonds is 5. The van der Waals surface area contributed by atoms with E-state index in [2.05, 4.69) is 17.9 Å². The molecule has 3 nitrogen and oxygen atoms in total. The van der Waals surface area contributed by atoms with E-state index < -0.39 is 5.97 Å². The van der Waals surface area contributed by atoms with E-state index in [1.54, 1.807) is 6.92 Å². The van der Waals surface area contributed by atoms with Gasteiger partial charge in [0.25, 0.3) is 0 Å². The molecule has 0 fully saturated rings. The van der Waals surface area contributed by atoms with Crippen LogP contribution in [0.15, 0.2) is 25.0 Å². The molecule has 0 amide bonds. The first-order valence-corrected chi connectivity index (χ1v) is 3.29. The van der Waals surface area contributed by atoms with Crippen molar-refractivity contribution in [1.29, 1.82) is 0 Å². The summed E-state index contributed by atoms with van der Waals surface area (Å²) in [5.41, 5.74) is 0.298. The standard InChI is InChI=1S/C8H12O3/c1-4-10-6-7(3)8(9)11-5-2/h4H,1,3,5-6H2,2H3. The van der Waals surface area contributed by atoms with Gasteiger partial charge < -0.3 is 9.47 Å². The molecule has 0 unspecified atom stereocenters. The first kappa shape index (κ1) is 9.75. The zero-order valence-electron chi connectivity index (χ0n) is 6.63. The highest BCUT2D eigenvalue weighted by atomic mass is 16.5. The zero-order valence-corrected chi connectivity index (χ0v) is 6.63. The molecule has 0 saturated carbocycles. The summed E-state index contributed by atoms with van der Waals surface area (Å²) in [6, 6.07) is 0. The lowest BCUT2D eigenvalue weighted by atomic mass is 10.3. The van der Waals surface area contributed by atoms with Crippen molar-refractivity contribution in [3.05, 3.63) is 25.0 Å². The highest BCUT2D eigenvalue weighted by Gasteiger charge is 2.06. The van der Waals surface area contributed by atoms with Crippen molar-refractivity contribution in [2.24, 2.45) is 0 Å². The third-order valence-electron chi connectivity index (χ3n) is 0.940. The second-order valence-electron chi connectivity index (χ2n) is 1.80. The van der Waals surface area contributed by atoms with Crippen LogP contribution < -0.4 is 0 Å². The van der Waals surface area contributed by atoms with E-state index in [0.717, 1.165) is 0 Å². The normalized spacial score (nSPS) is 8.45. The molecule has 0 saturated heterocycles. The smallest absolute Gasteiger partial charge is 0.336 e. The van der Waals surface area contributed by atoms with Crippen LogP contribution in [0, 0.1) is 0 Å². The van der Waals surface area contributed by atoms with E-state index >= 15 is 0 Å². The second-order valence-corrected chi connectivity index (χ2v) is 1.80. The van der Waals surface area contributed by atoms with Crippen LogP contribution in [0.25, 0.3) is 0 Å². The number of carbonyl (C=O) groups is 1. The maximum Gasteiger partial charge on any atom is 0.336 e. The van der Waals surface area contributed by atoms with Gasteiger partial charge in [-0.1, -0.05) is 13.2 Å². The van der Waals surface area contributed by atoms with E-state index in [4.69, 9.17) is 4.74 Å². The summed E-state index contributed by atoms with van der Waals surface area (Å²) in [5.74, 6) is -0.422. The van der Waals surface area contributed by atoms with Gasteiger partial charge >= 0.3 is 5.97 Å². The van der Waals surface area contributed by atoms with Crippen molar-refractivity contribution in [3.63, 3.8) is 0 Å². The van der Waals surface area contributed by atoms with Crippen LogP contribution in [0.2, 0.25) is 0 Å². The molecule has 0 aliphatic carbocycles. The fourth-order valence-corrected chi connectivity index (χ4v) is 0.452. The Hall–Kier alpha value is -1.25. The van der Waals surface area contributed by atoms with Crippen molar-refractivity contribution in [1.82, 2.24) is 0 Å². The Morgan fingerprint density at radius 1 is 1.64 bits per heavy atom. The quantitative estimate of drug-likeness (QED) is 0.341. The Morgan fingerprint density at radius 3 is 2.73 bits per heavy atom.